The molecule has 5 nitrogen and oxygen atoms in total. The molecule has 0 aromatic heterocycles. The van der Waals surface area contributed by atoms with Gasteiger partial charge in [-0.15, -0.1) is 0 Å². The SMILES string of the molecule is CCCCOc1ccc(C(O)=C2C(=O)C(=O)N[C@@H]2c2ccc(C(C)(C)C)cc2)cc1. The molecule has 0 aliphatic carbocycles. The highest BCUT2D eigenvalue weighted by molar-refractivity contribution is 6.46. The molecule has 2 N–H and O–H groups in total. The van der Waals surface area contributed by atoms with Crippen LogP contribution in [0.2, 0.25) is 0 Å². The van der Waals surface area contributed by atoms with E-state index in [1.54, 1.807) is 24.3 Å². The maximum absolute atomic E-state index is 12.5. The first-order valence-electron chi connectivity index (χ1n) is 10.3. The van der Waals surface area contributed by atoms with Gasteiger partial charge >= 0.3 is 0 Å². The van der Waals surface area contributed by atoms with E-state index in [9.17, 15) is 14.7 Å². The summed E-state index contributed by atoms with van der Waals surface area (Å²) in [6.45, 7) is 9.09. The highest BCUT2D eigenvalue weighted by Crippen LogP contribution is 2.34. The van der Waals surface area contributed by atoms with Crippen LogP contribution in [0.1, 0.15) is 63.3 Å². The van der Waals surface area contributed by atoms with Gasteiger partial charge in [0.1, 0.15) is 11.5 Å². The normalized spacial score (nSPS) is 18.3. The molecule has 2 aromatic carbocycles. The van der Waals surface area contributed by atoms with Crippen molar-refractivity contribution in [3.63, 3.8) is 0 Å². The highest BCUT2D eigenvalue weighted by atomic mass is 16.5. The van der Waals surface area contributed by atoms with Crippen molar-refractivity contribution in [3.8, 4) is 5.75 Å². The Morgan fingerprint density at radius 3 is 2.23 bits per heavy atom. The first kappa shape index (κ1) is 21.6. The van der Waals surface area contributed by atoms with Gasteiger partial charge in [-0.3, -0.25) is 9.59 Å². The molecule has 3 rings (SSSR count). The monoisotopic (exact) mass is 407 g/mol. The Balaban J connectivity index is 1.91. The Labute approximate surface area is 177 Å². The van der Waals surface area contributed by atoms with Gasteiger partial charge in [-0.2, -0.15) is 0 Å². The number of hydrogen-bond donors (Lipinski definition) is 2. The number of ketones is 1. The van der Waals surface area contributed by atoms with E-state index >= 15 is 0 Å². The Hall–Kier alpha value is -3.08. The van der Waals surface area contributed by atoms with Crippen molar-refractivity contribution in [2.45, 2.75) is 52.0 Å². The molecule has 1 aliphatic heterocycles. The summed E-state index contributed by atoms with van der Waals surface area (Å²) in [5.41, 5.74) is 2.44. The minimum atomic E-state index is -0.708. The fourth-order valence-corrected chi connectivity index (χ4v) is 3.39. The number of nitrogens with one attached hydrogen (secondary N) is 1. The molecule has 1 heterocycles. The lowest BCUT2D eigenvalue weighted by molar-refractivity contribution is -0.133. The van der Waals surface area contributed by atoms with Crippen molar-refractivity contribution in [1.82, 2.24) is 5.32 Å². The smallest absolute Gasteiger partial charge is 0.293 e. The molecular formula is C25H29NO4. The number of carbonyl (C=O) groups is 2. The van der Waals surface area contributed by atoms with Crippen LogP contribution in [0.15, 0.2) is 54.1 Å². The molecule has 30 heavy (non-hydrogen) atoms. The van der Waals surface area contributed by atoms with Gasteiger partial charge in [0.05, 0.1) is 18.2 Å². The average molecular weight is 408 g/mol. The van der Waals surface area contributed by atoms with E-state index in [4.69, 9.17) is 4.74 Å². The predicted octanol–water partition coefficient (Wildman–Crippen LogP) is 4.87. The number of Topliss-reactive ketones (excluding diaryl/α,β-unsaturated/α-hetero) is 1. The van der Waals surface area contributed by atoms with E-state index in [0.29, 0.717) is 17.9 Å². The minimum Gasteiger partial charge on any atom is -0.507 e. The molecule has 1 amide bonds. The predicted molar refractivity (Wildman–Crippen MR) is 117 cm³/mol. The number of benzene rings is 2. The number of carbonyl (C=O) groups excluding carboxylic acids is 2. The third-order valence-corrected chi connectivity index (χ3v) is 5.27. The molecule has 1 atom stereocenters. The second-order valence-electron chi connectivity index (χ2n) is 8.60. The standard InChI is InChI=1S/C25H29NO4/c1-5-6-15-30-19-13-9-17(10-14-19)22(27)20-21(26-24(29)23(20)28)16-7-11-18(12-8-16)25(2,3)4/h7-14,21,27H,5-6,15H2,1-4H3,(H,26,29)/t21-/m1/s1. The number of aliphatic hydroxyl groups excluding tert-OH is 1. The van der Waals surface area contributed by atoms with Crippen molar-refractivity contribution < 1.29 is 19.4 Å². The van der Waals surface area contributed by atoms with E-state index in [1.807, 2.05) is 24.3 Å². The largest absolute Gasteiger partial charge is 0.507 e. The van der Waals surface area contributed by atoms with Gasteiger partial charge < -0.3 is 15.2 Å². The van der Waals surface area contributed by atoms with Crippen molar-refractivity contribution in [2.75, 3.05) is 6.61 Å². The zero-order valence-electron chi connectivity index (χ0n) is 18.0. The van der Waals surface area contributed by atoms with Crippen LogP contribution < -0.4 is 10.1 Å². The fraction of sp³-hybridized carbons (Fsp3) is 0.360. The van der Waals surface area contributed by atoms with Crippen LogP contribution in [-0.4, -0.2) is 23.4 Å². The van der Waals surface area contributed by atoms with Gasteiger partial charge in [0.15, 0.2) is 0 Å². The molecule has 158 valence electrons. The second kappa shape index (κ2) is 8.74. The van der Waals surface area contributed by atoms with Crippen molar-refractivity contribution in [1.29, 1.82) is 0 Å². The third-order valence-electron chi connectivity index (χ3n) is 5.27. The summed E-state index contributed by atoms with van der Waals surface area (Å²) in [5.74, 6) is -0.906. The van der Waals surface area contributed by atoms with E-state index in [0.717, 1.165) is 24.0 Å². The van der Waals surface area contributed by atoms with Crippen LogP contribution in [-0.2, 0) is 15.0 Å². The summed E-state index contributed by atoms with van der Waals surface area (Å²) in [6.07, 6.45) is 2.02. The summed E-state index contributed by atoms with van der Waals surface area (Å²) in [6, 6.07) is 14.0. The Kier molecular flexibility index (Phi) is 6.30. The molecule has 0 spiro atoms. The summed E-state index contributed by atoms with van der Waals surface area (Å²) in [4.78, 5) is 24.6. The van der Waals surface area contributed by atoms with Gasteiger partial charge in [0.25, 0.3) is 11.7 Å². The van der Waals surface area contributed by atoms with E-state index in [2.05, 4.69) is 33.0 Å². The lowest BCUT2D eigenvalue weighted by Gasteiger charge is -2.20. The van der Waals surface area contributed by atoms with Gasteiger partial charge in [-0.1, -0.05) is 58.4 Å². The lowest BCUT2D eigenvalue weighted by Crippen LogP contribution is -2.21. The zero-order chi connectivity index (χ0) is 21.9. The lowest BCUT2D eigenvalue weighted by atomic mass is 9.85. The number of ether oxygens (including phenoxy) is 1. The molecule has 1 aliphatic rings. The molecule has 1 saturated heterocycles. The first-order valence-corrected chi connectivity index (χ1v) is 10.3. The Morgan fingerprint density at radius 1 is 1.03 bits per heavy atom. The van der Waals surface area contributed by atoms with Crippen molar-refractivity contribution in [2.24, 2.45) is 0 Å². The van der Waals surface area contributed by atoms with Crippen LogP contribution in [0.25, 0.3) is 5.76 Å². The number of rotatable bonds is 6. The number of unbranched alkanes of at least 4 members (excludes halogenated alkanes) is 1. The van der Waals surface area contributed by atoms with Crippen LogP contribution in [0, 0.1) is 0 Å². The maximum atomic E-state index is 12.5. The van der Waals surface area contributed by atoms with Gasteiger partial charge in [0, 0.05) is 5.56 Å². The summed E-state index contributed by atoms with van der Waals surface area (Å²) < 4.78 is 5.64. The topological polar surface area (TPSA) is 75.6 Å². The number of hydrogen-bond acceptors (Lipinski definition) is 4. The molecule has 0 saturated carbocycles. The number of aliphatic hydroxyl groups is 1. The third kappa shape index (κ3) is 4.56. The average Bonchev–Trinajstić information content (AvgIpc) is 3.02. The van der Waals surface area contributed by atoms with Gasteiger partial charge in [-0.25, -0.2) is 0 Å². The van der Waals surface area contributed by atoms with Crippen molar-refractivity contribution >= 4 is 17.4 Å². The van der Waals surface area contributed by atoms with E-state index < -0.39 is 17.7 Å². The second-order valence-corrected chi connectivity index (χ2v) is 8.60. The van der Waals surface area contributed by atoms with Crippen LogP contribution in [0.5, 0.6) is 5.75 Å². The fourth-order valence-electron chi connectivity index (χ4n) is 3.39. The molecule has 0 radical (unpaired) electrons. The quantitative estimate of drug-likeness (QED) is 0.310. The van der Waals surface area contributed by atoms with Gasteiger partial charge in [-0.05, 0) is 47.2 Å². The van der Waals surface area contributed by atoms with E-state index in [-0.39, 0.29) is 16.7 Å². The molecule has 5 heteroatoms. The van der Waals surface area contributed by atoms with Crippen LogP contribution in [0.3, 0.4) is 0 Å². The molecule has 0 bridgehead atoms. The number of amides is 1. The minimum absolute atomic E-state index is 0.00493. The molecule has 1 fully saturated rings. The molecule has 2 aromatic rings. The summed E-state index contributed by atoms with van der Waals surface area (Å²) in [7, 11) is 0. The van der Waals surface area contributed by atoms with Crippen LogP contribution in [0.4, 0.5) is 0 Å². The van der Waals surface area contributed by atoms with Crippen LogP contribution >= 0.6 is 0 Å². The molecule has 0 unspecified atom stereocenters. The maximum Gasteiger partial charge on any atom is 0.293 e. The summed E-state index contributed by atoms with van der Waals surface area (Å²) in [5, 5.41) is 13.5. The summed E-state index contributed by atoms with van der Waals surface area (Å²) >= 11 is 0. The zero-order valence-corrected chi connectivity index (χ0v) is 18.0. The van der Waals surface area contributed by atoms with Gasteiger partial charge in [0.2, 0.25) is 0 Å². The molecular weight excluding hydrogens is 378 g/mol. The van der Waals surface area contributed by atoms with Crippen molar-refractivity contribution in [3.05, 3.63) is 70.8 Å². The Morgan fingerprint density at radius 2 is 1.67 bits per heavy atom. The van der Waals surface area contributed by atoms with E-state index in [1.165, 1.54) is 0 Å². The Bertz CT molecular complexity index is 950. The highest BCUT2D eigenvalue weighted by Gasteiger charge is 2.39. The first-order chi connectivity index (χ1) is 14.2.